The summed E-state index contributed by atoms with van der Waals surface area (Å²) in [5.74, 6) is 0.638. The fourth-order valence-corrected chi connectivity index (χ4v) is 1.87. The first-order chi connectivity index (χ1) is 8.10. The van der Waals surface area contributed by atoms with E-state index in [4.69, 9.17) is 5.73 Å². The van der Waals surface area contributed by atoms with Gasteiger partial charge in [0.05, 0.1) is 5.69 Å². The number of aryl methyl sites for hydroxylation is 1. The number of benzene rings is 1. The van der Waals surface area contributed by atoms with Crippen molar-refractivity contribution in [2.75, 3.05) is 5.73 Å². The maximum Gasteiger partial charge on any atom is 0.132 e. The highest BCUT2D eigenvalue weighted by molar-refractivity contribution is 9.10. The van der Waals surface area contributed by atoms with E-state index in [1.807, 2.05) is 6.92 Å². The van der Waals surface area contributed by atoms with Crippen LogP contribution in [-0.2, 0) is 6.42 Å². The Kier molecular flexibility index (Phi) is 3.38. The lowest BCUT2D eigenvalue weighted by molar-refractivity contribution is 0.630. The molecule has 2 rings (SSSR count). The molecule has 0 spiro atoms. The van der Waals surface area contributed by atoms with Gasteiger partial charge in [-0.15, -0.1) is 0 Å². The van der Waals surface area contributed by atoms with Gasteiger partial charge in [0.25, 0.3) is 0 Å². The molecule has 0 aliphatic rings. The minimum Gasteiger partial charge on any atom is -0.384 e. The second-order valence-electron chi connectivity index (χ2n) is 3.57. The Morgan fingerprint density at radius 2 is 2.06 bits per heavy atom. The lowest BCUT2D eigenvalue weighted by atomic mass is 10.1. The summed E-state index contributed by atoms with van der Waals surface area (Å²) >= 11 is 3.31. The number of anilines is 1. The maximum absolute atomic E-state index is 13.7. The van der Waals surface area contributed by atoms with Crippen molar-refractivity contribution in [3.05, 3.63) is 40.4 Å². The highest BCUT2D eigenvalue weighted by Crippen LogP contribution is 2.25. The SMILES string of the molecule is CCc1nc(N)cc(-c2cc(Br)ccc2F)n1. The minimum atomic E-state index is -0.326. The van der Waals surface area contributed by atoms with Crippen LogP contribution in [0.5, 0.6) is 0 Å². The summed E-state index contributed by atoms with van der Waals surface area (Å²) in [4.78, 5) is 8.33. The van der Waals surface area contributed by atoms with Gasteiger partial charge in [-0.2, -0.15) is 0 Å². The molecule has 0 unspecified atom stereocenters. The molecule has 0 aliphatic carbocycles. The summed E-state index contributed by atoms with van der Waals surface area (Å²) in [5.41, 5.74) is 6.60. The average Bonchev–Trinajstić information content (AvgIpc) is 2.31. The quantitative estimate of drug-likeness (QED) is 0.926. The number of hydrogen-bond acceptors (Lipinski definition) is 3. The molecule has 17 heavy (non-hydrogen) atoms. The second-order valence-corrected chi connectivity index (χ2v) is 4.49. The van der Waals surface area contributed by atoms with Crippen LogP contribution in [0.25, 0.3) is 11.3 Å². The van der Waals surface area contributed by atoms with Crippen molar-refractivity contribution >= 4 is 21.7 Å². The standard InChI is InChI=1S/C12H11BrFN3/c1-2-12-16-10(6-11(15)17-12)8-5-7(13)3-4-9(8)14/h3-6H,2H2,1H3,(H2,15,16,17). The third-order valence-corrected chi connectivity index (χ3v) is 2.81. The van der Waals surface area contributed by atoms with Crippen LogP contribution in [0.1, 0.15) is 12.7 Å². The van der Waals surface area contributed by atoms with E-state index in [1.54, 1.807) is 18.2 Å². The molecule has 0 radical (unpaired) electrons. The van der Waals surface area contributed by atoms with Gasteiger partial charge in [0.1, 0.15) is 17.5 Å². The van der Waals surface area contributed by atoms with Gasteiger partial charge in [-0.25, -0.2) is 14.4 Å². The topological polar surface area (TPSA) is 51.8 Å². The molecule has 0 atom stereocenters. The number of hydrogen-bond donors (Lipinski definition) is 1. The van der Waals surface area contributed by atoms with Crippen LogP contribution in [0.3, 0.4) is 0 Å². The zero-order valence-electron chi connectivity index (χ0n) is 9.24. The van der Waals surface area contributed by atoms with Crippen molar-refractivity contribution in [1.29, 1.82) is 0 Å². The zero-order valence-corrected chi connectivity index (χ0v) is 10.8. The van der Waals surface area contributed by atoms with Crippen LogP contribution in [0, 0.1) is 5.82 Å². The smallest absolute Gasteiger partial charge is 0.132 e. The molecule has 1 aromatic heterocycles. The van der Waals surface area contributed by atoms with Crippen LogP contribution >= 0.6 is 15.9 Å². The van der Waals surface area contributed by atoms with Gasteiger partial charge < -0.3 is 5.73 Å². The largest absolute Gasteiger partial charge is 0.384 e. The van der Waals surface area contributed by atoms with Crippen LogP contribution < -0.4 is 5.73 Å². The molecule has 0 saturated carbocycles. The van der Waals surface area contributed by atoms with Gasteiger partial charge in [-0.05, 0) is 18.2 Å². The summed E-state index contributed by atoms with van der Waals surface area (Å²) in [6, 6.07) is 6.29. The van der Waals surface area contributed by atoms with E-state index < -0.39 is 0 Å². The molecule has 88 valence electrons. The Morgan fingerprint density at radius 3 is 2.76 bits per heavy atom. The number of nitrogens with two attached hydrogens (primary N) is 1. The first-order valence-electron chi connectivity index (χ1n) is 5.19. The molecule has 3 nitrogen and oxygen atoms in total. The van der Waals surface area contributed by atoms with Crippen molar-refractivity contribution in [2.45, 2.75) is 13.3 Å². The number of nitrogen functional groups attached to an aromatic ring is 1. The predicted octanol–water partition coefficient (Wildman–Crippen LogP) is 3.19. The number of nitrogens with zero attached hydrogens (tertiary/aromatic N) is 2. The second kappa shape index (κ2) is 4.79. The average molecular weight is 296 g/mol. The summed E-state index contributed by atoms with van der Waals surface area (Å²) in [5, 5.41) is 0. The summed E-state index contributed by atoms with van der Waals surface area (Å²) in [6.07, 6.45) is 0.660. The van der Waals surface area contributed by atoms with E-state index in [-0.39, 0.29) is 5.82 Å². The van der Waals surface area contributed by atoms with Crippen molar-refractivity contribution in [1.82, 2.24) is 9.97 Å². The predicted molar refractivity (Wildman–Crippen MR) is 68.9 cm³/mol. The molecule has 0 bridgehead atoms. The molecule has 2 N–H and O–H groups in total. The molecular formula is C12H11BrFN3. The van der Waals surface area contributed by atoms with E-state index >= 15 is 0 Å². The fourth-order valence-electron chi connectivity index (χ4n) is 1.51. The van der Waals surface area contributed by atoms with Crippen LogP contribution in [0.4, 0.5) is 10.2 Å². The minimum absolute atomic E-state index is 0.326. The molecule has 5 heteroatoms. The molecule has 0 amide bonds. The Balaban J connectivity index is 2.59. The lowest BCUT2D eigenvalue weighted by Crippen LogP contribution is -2.00. The number of rotatable bonds is 2. The highest BCUT2D eigenvalue weighted by Gasteiger charge is 2.09. The molecule has 0 aliphatic heterocycles. The summed E-state index contributed by atoms with van der Waals surface area (Å²) in [6.45, 7) is 1.93. The fraction of sp³-hybridized carbons (Fsp3) is 0.167. The Hall–Kier alpha value is -1.49. The molecule has 0 saturated heterocycles. The van der Waals surface area contributed by atoms with Gasteiger partial charge >= 0.3 is 0 Å². The van der Waals surface area contributed by atoms with Crippen molar-refractivity contribution in [2.24, 2.45) is 0 Å². The Bertz CT molecular complexity index is 557. The zero-order chi connectivity index (χ0) is 12.4. The first-order valence-corrected chi connectivity index (χ1v) is 5.98. The monoisotopic (exact) mass is 295 g/mol. The van der Waals surface area contributed by atoms with E-state index in [2.05, 4.69) is 25.9 Å². The molecule has 0 fully saturated rings. The molecule has 1 aromatic carbocycles. The van der Waals surface area contributed by atoms with E-state index in [9.17, 15) is 4.39 Å². The lowest BCUT2D eigenvalue weighted by Gasteiger charge is -2.06. The normalized spacial score (nSPS) is 10.5. The van der Waals surface area contributed by atoms with Crippen molar-refractivity contribution in [3.63, 3.8) is 0 Å². The van der Waals surface area contributed by atoms with Gasteiger partial charge in [-0.3, -0.25) is 0 Å². The third kappa shape index (κ3) is 2.61. The molecular weight excluding hydrogens is 285 g/mol. The third-order valence-electron chi connectivity index (χ3n) is 2.31. The number of aromatic nitrogens is 2. The molecule has 1 heterocycles. The van der Waals surface area contributed by atoms with Crippen LogP contribution in [0.15, 0.2) is 28.7 Å². The van der Waals surface area contributed by atoms with Crippen molar-refractivity contribution < 1.29 is 4.39 Å². The maximum atomic E-state index is 13.7. The first kappa shape index (κ1) is 12.0. The van der Waals surface area contributed by atoms with Crippen molar-refractivity contribution in [3.8, 4) is 11.3 Å². The summed E-state index contributed by atoms with van der Waals surface area (Å²) < 4.78 is 14.5. The highest BCUT2D eigenvalue weighted by atomic mass is 79.9. The van der Waals surface area contributed by atoms with Gasteiger partial charge in [0, 0.05) is 22.5 Å². The Morgan fingerprint density at radius 1 is 1.29 bits per heavy atom. The number of halogens is 2. The van der Waals surface area contributed by atoms with E-state index in [0.717, 1.165) is 4.47 Å². The molecule has 2 aromatic rings. The van der Waals surface area contributed by atoms with Gasteiger partial charge in [0.2, 0.25) is 0 Å². The Labute approximate surface area is 107 Å². The van der Waals surface area contributed by atoms with Crippen LogP contribution in [0.2, 0.25) is 0 Å². The van der Waals surface area contributed by atoms with Gasteiger partial charge in [-0.1, -0.05) is 22.9 Å². The van der Waals surface area contributed by atoms with Crippen LogP contribution in [-0.4, -0.2) is 9.97 Å². The summed E-state index contributed by atoms with van der Waals surface area (Å²) in [7, 11) is 0. The van der Waals surface area contributed by atoms with Gasteiger partial charge in [0.15, 0.2) is 0 Å². The van der Waals surface area contributed by atoms with E-state index in [1.165, 1.54) is 6.07 Å². The van der Waals surface area contributed by atoms with E-state index in [0.29, 0.717) is 29.3 Å².